The maximum absolute atomic E-state index is 14.6. The van der Waals surface area contributed by atoms with Crippen LogP contribution >= 0.6 is 11.3 Å². The largest absolute Gasteiger partial charge is 0.383 e. The van der Waals surface area contributed by atoms with Crippen molar-refractivity contribution in [2.24, 2.45) is 0 Å². The van der Waals surface area contributed by atoms with Crippen molar-refractivity contribution in [1.29, 1.82) is 0 Å². The van der Waals surface area contributed by atoms with Crippen molar-refractivity contribution in [1.82, 2.24) is 9.97 Å². The van der Waals surface area contributed by atoms with Crippen LogP contribution in [0.5, 0.6) is 0 Å². The number of thiazole rings is 1. The van der Waals surface area contributed by atoms with Crippen molar-refractivity contribution < 1.29 is 14.3 Å². The van der Waals surface area contributed by atoms with Gasteiger partial charge in [0.05, 0.1) is 15.9 Å². The number of nitrogens with zero attached hydrogens (tertiary/aromatic N) is 4. The zero-order valence-electron chi connectivity index (χ0n) is 17.2. The molecule has 0 radical (unpaired) electrons. The van der Waals surface area contributed by atoms with Crippen LogP contribution in [0.2, 0.25) is 0 Å². The molecule has 0 aliphatic carbocycles. The van der Waals surface area contributed by atoms with E-state index in [4.69, 9.17) is 4.98 Å². The van der Waals surface area contributed by atoms with Gasteiger partial charge in [0.15, 0.2) is 11.0 Å². The molecular weight excluding hydrogens is 427 g/mol. The van der Waals surface area contributed by atoms with Crippen molar-refractivity contribution in [2.75, 3.05) is 18.0 Å². The van der Waals surface area contributed by atoms with E-state index < -0.39 is 11.4 Å². The zero-order valence-corrected chi connectivity index (χ0v) is 18.0. The fourth-order valence-electron chi connectivity index (χ4n) is 4.75. The lowest BCUT2D eigenvalue weighted by Gasteiger charge is -2.37. The Morgan fingerprint density at radius 1 is 1.09 bits per heavy atom. The molecule has 1 saturated heterocycles. The van der Waals surface area contributed by atoms with Gasteiger partial charge in [0.25, 0.3) is 6.20 Å². The lowest BCUT2D eigenvalue weighted by atomic mass is 9.88. The van der Waals surface area contributed by atoms with Gasteiger partial charge in [-0.05, 0) is 36.4 Å². The lowest BCUT2D eigenvalue weighted by Crippen LogP contribution is -2.43. The second kappa shape index (κ2) is 7.15. The number of anilines is 1. The number of pyridine rings is 1. The number of aliphatic hydroxyl groups is 1. The van der Waals surface area contributed by atoms with Gasteiger partial charge in [-0.1, -0.05) is 35.6 Å². The molecule has 2 aliphatic heterocycles. The van der Waals surface area contributed by atoms with Crippen molar-refractivity contribution in [2.45, 2.75) is 25.0 Å². The van der Waals surface area contributed by atoms with Crippen LogP contribution in [-0.4, -0.2) is 32.9 Å². The highest BCUT2D eigenvalue weighted by Crippen LogP contribution is 2.40. The molecule has 4 heterocycles. The Balaban J connectivity index is 1.35. The Labute approximate surface area is 187 Å². The van der Waals surface area contributed by atoms with E-state index in [1.165, 1.54) is 0 Å². The molecule has 8 heteroatoms. The molecule has 2 aliphatic rings. The highest BCUT2D eigenvalue weighted by Gasteiger charge is 2.36. The summed E-state index contributed by atoms with van der Waals surface area (Å²) in [5.41, 5.74) is 1.82. The number of hydrogen-bond donors (Lipinski definition) is 1. The molecule has 0 spiro atoms. The fraction of sp³-hybridized carbons (Fsp3) is 0.250. The van der Waals surface area contributed by atoms with Gasteiger partial charge in [-0.2, -0.15) is 4.39 Å². The maximum Gasteiger partial charge on any atom is 0.257 e. The minimum Gasteiger partial charge on any atom is -0.383 e. The Morgan fingerprint density at radius 3 is 2.69 bits per heavy atom. The Morgan fingerprint density at radius 2 is 1.91 bits per heavy atom. The van der Waals surface area contributed by atoms with E-state index in [0.29, 0.717) is 47.5 Å². The number of fused-ring (bicyclic) bond motifs is 5. The Bertz CT molecular complexity index is 1410. The first-order valence-corrected chi connectivity index (χ1v) is 11.4. The molecule has 0 bridgehead atoms. The molecule has 32 heavy (non-hydrogen) atoms. The van der Waals surface area contributed by atoms with E-state index in [1.54, 1.807) is 17.5 Å². The molecule has 0 atom stereocenters. The highest BCUT2D eigenvalue weighted by molar-refractivity contribution is 7.22. The molecule has 1 N–H and O–H groups in total. The molecule has 4 aromatic rings. The SMILES string of the molecule is O=[N+]1C=C(F)c2c(ccc3c2ccc2sc(N4CCC(O)(c5ccccn5)CC4)nc23)C1. The third-order valence-corrected chi connectivity index (χ3v) is 7.54. The van der Waals surface area contributed by atoms with Gasteiger partial charge in [-0.25, -0.2) is 4.98 Å². The van der Waals surface area contributed by atoms with Gasteiger partial charge in [-0.15, -0.1) is 0 Å². The molecule has 1 fully saturated rings. The highest BCUT2D eigenvalue weighted by atomic mass is 32.1. The average molecular weight is 448 g/mol. The van der Waals surface area contributed by atoms with Gasteiger partial charge >= 0.3 is 0 Å². The van der Waals surface area contributed by atoms with Gasteiger partial charge in [0, 0.05) is 45.5 Å². The van der Waals surface area contributed by atoms with Crippen LogP contribution in [0.15, 0.2) is 54.9 Å². The van der Waals surface area contributed by atoms with Crippen molar-refractivity contribution in [3.63, 3.8) is 0 Å². The molecule has 2 aromatic carbocycles. The predicted molar refractivity (Wildman–Crippen MR) is 123 cm³/mol. The second-order valence-corrected chi connectivity index (χ2v) is 9.40. The summed E-state index contributed by atoms with van der Waals surface area (Å²) in [5.74, 6) is -0.508. The maximum atomic E-state index is 14.6. The van der Waals surface area contributed by atoms with E-state index in [9.17, 15) is 14.4 Å². The number of halogens is 1. The monoisotopic (exact) mass is 447 g/mol. The van der Waals surface area contributed by atoms with Gasteiger partial charge in [0.2, 0.25) is 6.54 Å². The number of aromatic nitrogens is 2. The van der Waals surface area contributed by atoms with Crippen molar-refractivity contribution in [3.8, 4) is 0 Å². The molecule has 160 valence electrons. The van der Waals surface area contributed by atoms with E-state index >= 15 is 0 Å². The summed E-state index contributed by atoms with van der Waals surface area (Å²) in [6.07, 6.45) is 3.88. The zero-order chi connectivity index (χ0) is 21.9. The van der Waals surface area contributed by atoms with Crippen molar-refractivity contribution in [3.05, 3.63) is 76.6 Å². The summed E-state index contributed by atoms with van der Waals surface area (Å²) in [5, 5.41) is 13.6. The number of rotatable bonds is 2. The lowest BCUT2D eigenvalue weighted by molar-refractivity contribution is -0.497. The van der Waals surface area contributed by atoms with Gasteiger partial charge < -0.3 is 10.0 Å². The summed E-state index contributed by atoms with van der Waals surface area (Å²) < 4.78 is 16.3. The molecule has 2 aromatic heterocycles. The molecule has 0 amide bonds. The second-order valence-electron chi connectivity index (χ2n) is 8.39. The Kier molecular flexibility index (Phi) is 4.34. The molecule has 6 nitrogen and oxygen atoms in total. The van der Waals surface area contributed by atoms with E-state index in [2.05, 4.69) is 9.88 Å². The normalized spacial score (nSPS) is 18.1. The third-order valence-electron chi connectivity index (χ3n) is 6.46. The summed E-state index contributed by atoms with van der Waals surface area (Å²) in [4.78, 5) is 23.1. The first-order chi connectivity index (χ1) is 15.5. The van der Waals surface area contributed by atoms with Gasteiger partial charge in [-0.3, -0.25) is 4.98 Å². The summed E-state index contributed by atoms with van der Waals surface area (Å²) in [7, 11) is 0. The smallest absolute Gasteiger partial charge is 0.257 e. The number of nitroso groups, excluding NO2 is 1. The van der Waals surface area contributed by atoms with Crippen molar-refractivity contribution >= 4 is 43.3 Å². The summed E-state index contributed by atoms with van der Waals surface area (Å²) >= 11 is 1.60. The first-order valence-electron chi connectivity index (χ1n) is 10.6. The van der Waals surface area contributed by atoms with Gasteiger partial charge in [0.1, 0.15) is 5.60 Å². The molecule has 0 unspecified atom stereocenters. The van der Waals surface area contributed by atoms with Crippen LogP contribution in [0.4, 0.5) is 9.52 Å². The molecular formula is C24H20FN4O2S+. The quantitative estimate of drug-likeness (QED) is 0.443. The topological polar surface area (TPSA) is 69.3 Å². The number of benzene rings is 2. The van der Waals surface area contributed by atoms with Crippen LogP contribution in [0.25, 0.3) is 26.8 Å². The van der Waals surface area contributed by atoms with Crippen LogP contribution in [0, 0.1) is 4.91 Å². The standard InChI is InChI=1S/C24H20FN4O2S/c25-18-14-29(31)13-15-4-5-17-16(21(15)18)6-7-19-22(17)27-23(32-19)28-11-8-24(30,9-12-28)20-3-1-2-10-26-20/h1-7,10,14,30H,8-9,11-13H2/q+1. The van der Waals surface area contributed by atoms with E-state index in [0.717, 1.165) is 32.3 Å². The average Bonchev–Trinajstić information content (AvgIpc) is 3.24. The van der Waals surface area contributed by atoms with E-state index in [1.807, 2.05) is 42.5 Å². The number of hydrogen-bond acceptors (Lipinski definition) is 6. The first kappa shape index (κ1) is 19.5. The Hall–Kier alpha value is -3.23. The summed E-state index contributed by atoms with van der Waals surface area (Å²) in [6.45, 7) is 1.50. The molecule has 0 saturated carbocycles. The van der Waals surface area contributed by atoms with Crippen LogP contribution in [0.1, 0.15) is 29.7 Å². The van der Waals surface area contributed by atoms with Crippen LogP contribution in [0.3, 0.4) is 0 Å². The van der Waals surface area contributed by atoms with Crippen LogP contribution in [-0.2, 0) is 12.1 Å². The van der Waals surface area contributed by atoms with E-state index in [-0.39, 0.29) is 6.54 Å². The summed E-state index contributed by atoms with van der Waals surface area (Å²) in [6, 6.07) is 13.3. The minimum atomic E-state index is -0.917. The third kappa shape index (κ3) is 3.02. The predicted octanol–water partition coefficient (Wildman–Crippen LogP) is 4.89. The molecule has 6 rings (SSSR count). The number of piperidine rings is 1. The fourth-order valence-corrected chi connectivity index (χ4v) is 5.78. The minimum absolute atomic E-state index is 0.145. The van der Waals surface area contributed by atoms with Crippen LogP contribution < -0.4 is 4.90 Å².